The maximum atomic E-state index is 12.7. The third-order valence-corrected chi connectivity index (χ3v) is 5.76. The van der Waals surface area contributed by atoms with E-state index in [2.05, 4.69) is 19.9 Å². The normalized spacial score (nSPS) is 11.6. The summed E-state index contributed by atoms with van der Waals surface area (Å²) >= 11 is 0. The summed E-state index contributed by atoms with van der Waals surface area (Å²) in [6.45, 7) is 3.92. The van der Waals surface area contributed by atoms with Crippen LogP contribution in [-0.4, -0.2) is 32.7 Å². The molecular weight excluding hydrogens is 416 g/mol. The van der Waals surface area contributed by atoms with Crippen LogP contribution in [-0.2, 0) is 17.1 Å². The van der Waals surface area contributed by atoms with Gasteiger partial charge in [-0.15, -0.1) is 10.2 Å². The van der Waals surface area contributed by atoms with E-state index in [9.17, 15) is 8.42 Å². The van der Waals surface area contributed by atoms with E-state index in [1.54, 1.807) is 48.0 Å². The van der Waals surface area contributed by atoms with Crippen LogP contribution in [0, 0.1) is 0 Å². The van der Waals surface area contributed by atoms with Crippen molar-refractivity contribution >= 4 is 15.7 Å². The summed E-state index contributed by atoms with van der Waals surface area (Å²) in [5.74, 6) is 2.33. The Balaban J connectivity index is 1.44. The summed E-state index contributed by atoms with van der Waals surface area (Å²) < 4.78 is 37.1. The Morgan fingerprint density at radius 3 is 2.29 bits per heavy atom. The summed E-state index contributed by atoms with van der Waals surface area (Å²) in [6.07, 6.45) is 5.25. The molecule has 10 heteroatoms. The topological polar surface area (TPSA) is 104 Å². The molecule has 3 aromatic heterocycles. The Labute approximate surface area is 180 Å². The number of rotatable bonds is 7. The number of nitrogens with zero attached hydrogens (tertiary/aromatic N) is 5. The lowest BCUT2D eigenvalue weighted by Gasteiger charge is -2.08. The fraction of sp³-hybridized carbons (Fsp3) is 0.190. The lowest BCUT2D eigenvalue weighted by molar-refractivity contribution is 0.454. The highest BCUT2D eigenvalue weighted by atomic mass is 32.2. The van der Waals surface area contributed by atoms with Gasteiger partial charge < -0.3 is 13.9 Å². The highest BCUT2D eigenvalue weighted by molar-refractivity contribution is 7.92. The number of anilines is 1. The summed E-state index contributed by atoms with van der Waals surface area (Å²) in [4.78, 5) is 4.25. The maximum absolute atomic E-state index is 12.7. The Kier molecular flexibility index (Phi) is 5.47. The Morgan fingerprint density at radius 1 is 1.00 bits per heavy atom. The van der Waals surface area contributed by atoms with Crippen LogP contribution >= 0.6 is 0 Å². The number of aromatic nitrogens is 5. The molecule has 1 aromatic carbocycles. The van der Waals surface area contributed by atoms with Gasteiger partial charge >= 0.3 is 0 Å². The fourth-order valence-electron chi connectivity index (χ4n) is 3.03. The fourth-order valence-corrected chi connectivity index (χ4v) is 4.09. The van der Waals surface area contributed by atoms with Gasteiger partial charge in [-0.1, -0.05) is 13.8 Å². The summed E-state index contributed by atoms with van der Waals surface area (Å²) in [5.41, 5.74) is 0.401. The van der Waals surface area contributed by atoms with Crippen molar-refractivity contribution in [1.82, 2.24) is 24.3 Å². The van der Waals surface area contributed by atoms with Gasteiger partial charge in [0.15, 0.2) is 10.8 Å². The zero-order chi connectivity index (χ0) is 22.0. The first-order valence-electron chi connectivity index (χ1n) is 9.63. The van der Waals surface area contributed by atoms with Crippen LogP contribution in [0.25, 0.3) is 5.82 Å². The third-order valence-electron chi connectivity index (χ3n) is 4.51. The van der Waals surface area contributed by atoms with Gasteiger partial charge in [0.2, 0.25) is 5.88 Å². The highest BCUT2D eigenvalue weighted by Gasteiger charge is 2.20. The van der Waals surface area contributed by atoms with Gasteiger partial charge in [-0.2, -0.15) is 8.42 Å². The Hall–Kier alpha value is -3.66. The molecule has 0 bridgehead atoms. The molecule has 0 amide bonds. The van der Waals surface area contributed by atoms with E-state index in [1.807, 2.05) is 42.9 Å². The van der Waals surface area contributed by atoms with Gasteiger partial charge in [-0.25, -0.2) is 4.98 Å². The molecule has 31 heavy (non-hydrogen) atoms. The number of hydrogen-bond donors (Lipinski definition) is 1. The SMILES string of the molecule is CC(C)c1nc(S(=O)(=O)Nc2ccc(Oc3ccc(-n4cccc4)nn3)cc2)cn1C. The van der Waals surface area contributed by atoms with Crippen LogP contribution in [0.3, 0.4) is 0 Å². The minimum absolute atomic E-state index is 0.0166. The van der Waals surface area contributed by atoms with Crippen molar-refractivity contribution in [1.29, 1.82) is 0 Å². The van der Waals surface area contributed by atoms with Crippen molar-refractivity contribution in [3.05, 3.63) is 72.9 Å². The second kappa shape index (κ2) is 8.23. The van der Waals surface area contributed by atoms with Crippen LogP contribution in [0.15, 0.2) is 72.1 Å². The van der Waals surface area contributed by atoms with Crippen molar-refractivity contribution in [2.45, 2.75) is 24.8 Å². The molecule has 0 saturated heterocycles. The molecule has 0 spiro atoms. The lowest BCUT2D eigenvalue weighted by Crippen LogP contribution is -2.13. The molecular formula is C21H22N6O3S. The molecule has 3 heterocycles. The first kappa shape index (κ1) is 20.6. The van der Waals surface area contributed by atoms with Crippen molar-refractivity contribution in [2.75, 3.05) is 4.72 Å². The maximum Gasteiger partial charge on any atom is 0.280 e. The molecule has 0 atom stereocenters. The number of nitrogens with one attached hydrogen (secondary N) is 1. The van der Waals surface area contributed by atoms with Crippen LogP contribution in [0.5, 0.6) is 11.6 Å². The predicted molar refractivity (Wildman–Crippen MR) is 116 cm³/mol. The van der Waals surface area contributed by atoms with Gasteiger partial charge in [0.05, 0.1) is 0 Å². The monoisotopic (exact) mass is 438 g/mol. The number of imidazole rings is 1. The largest absolute Gasteiger partial charge is 0.438 e. The molecule has 0 saturated carbocycles. The number of sulfonamides is 1. The number of aryl methyl sites for hydroxylation is 1. The molecule has 4 rings (SSSR count). The van der Waals surface area contributed by atoms with Gasteiger partial charge in [0, 0.05) is 43.3 Å². The Morgan fingerprint density at radius 2 is 1.71 bits per heavy atom. The molecule has 0 unspecified atom stereocenters. The number of hydrogen-bond acceptors (Lipinski definition) is 6. The van der Waals surface area contributed by atoms with Gasteiger partial charge in [-0.05, 0) is 42.5 Å². The van der Waals surface area contributed by atoms with Gasteiger partial charge in [-0.3, -0.25) is 4.72 Å². The zero-order valence-corrected chi connectivity index (χ0v) is 18.1. The average Bonchev–Trinajstić information content (AvgIpc) is 3.40. The van der Waals surface area contributed by atoms with E-state index in [1.165, 1.54) is 6.20 Å². The van der Waals surface area contributed by atoms with Crippen molar-refractivity contribution in [2.24, 2.45) is 7.05 Å². The quantitative estimate of drug-likeness (QED) is 0.472. The molecule has 9 nitrogen and oxygen atoms in total. The standard InChI is InChI=1S/C21H22N6O3S/c1-15(2)21-22-20(14-26(21)3)31(28,29)25-16-6-8-17(9-7-16)30-19-11-10-18(23-24-19)27-12-4-5-13-27/h4-15,25H,1-3H3. The van der Waals surface area contributed by atoms with E-state index in [-0.39, 0.29) is 10.9 Å². The number of benzene rings is 1. The summed E-state index contributed by atoms with van der Waals surface area (Å²) in [6, 6.07) is 13.8. The lowest BCUT2D eigenvalue weighted by atomic mass is 10.2. The first-order valence-corrected chi connectivity index (χ1v) is 11.1. The molecule has 0 aliphatic rings. The predicted octanol–water partition coefficient (Wildman–Crippen LogP) is 3.72. The van der Waals surface area contributed by atoms with Crippen LogP contribution in [0.1, 0.15) is 25.6 Å². The van der Waals surface area contributed by atoms with Crippen LogP contribution in [0.2, 0.25) is 0 Å². The second-order valence-corrected chi connectivity index (χ2v) is 8.88. The summed E-state index contributed by atoms with van der Waals surface area (Å²) in [7, 11) is -2.01. The zero-order valence-electron chi connectivity index (χ0n) is 17.3. The highest BCUT2D eigenvalue weighted by Crippen LogP contribution is 2.24. The van der Waals surface area contributed by atoms with E-state index in [0.717, 1.165) is 0 Å². The van der Waals surface area contributed by atoms with Crippen LogP contribution in [0.4, 0.5) is 5.69 Å². The Bertz CT molecular complexity index is 1260. The van der Waals surface area contributed by atoms with Crippen molar-refractivity contribution < 1.29 is 13.2 Å². The molecule has 0 aliphatic heterocycles. The molecule has 0 fully saturated rings. The molecule has 1 N–H and O–H groups in total. The average molecular weight is 439 g/mol. The van der Waals surface area contributed by atoms with Crippen LogP contribution < -0.4 is 9.46 Å². The van der Waals surface area contributed by atoms with E-state index < -0.39 is 10.0 Å². The van der Waals surface area contributed by atoms with Crippen molar-refractivity contribution in [3.63, 3.8) is 0 Å². The smallest absolute Gasteiger partial charge is 0.280 e. The molecule has 160 valence electrons. The molecule has 4 aromatic rings. The van der Waals surface area contributed by atoms with E-state index >= 15 is 0 Å². The van der Waals surface area contributed by atoms with Crippen molar-refractivity contribution in [3.8, 4) is 17.4 Å². The third kappa shape index (κ3) is 4.58. The molecule has 0 aliphatic carbocycles. The minimum atomic E-state index is -3.79. The second-order valence-electron chi connectivity index (χ2n) is 7.25. The van der Waals surface area contributed by atoms with Gasteiger partial charge in [0.1, 0.15) is 11.6 Å². The summed E-state index contributed by atoms with van der Waals surface area (Å²) in [5, 5.41) is 8.17. The van der Waals surface area contributed by atoms with E-state index in [4.69, 9.17) is 4.74 Å². The number of ether oxygens (including phenoxy) is 1. The van der Waals surface area contributed by atoms with Gasteiger partial charge in [0.25, 0.3) is 10.0 Å². The molecule has 0 radical (unpaired) electrons. The minimum Gasteiger partial charge on any atom is -0.438 e. The van der Waals surface area contributed by atoms with E-state index in [0.29, 0.717) is 29.0 Å². The first-order chi connectivity index (χ1) is 14.8.